The number of ether oxygens (including phenoxy) is 1. The van der Waals surface area contributed by atoms with Crippen LogP contribution in [-0.2, 0) is 11.2 Å². The maximum absolute atomic E-state index is 12.2. The quantitative estimate of drug-likeness (QED) is 0.653. The van der Waals surface area contributed by atoms with Crippen molar-refractivity contribution < 1.29 is 9.53 Å². The van der Waals surface area contributed by atoms with Crippen LogP contribution in [0.25, 0.3) is 10.8 Å². The van der Waals surface area contributed by atoms with Crippen LogP contribution in [-0.4, -0.2) is 18.6 Å². The third-order valence-corrected chi connectivity index (χ3v) is 4.19. The third kappa shape index (κ3) is 4.83. The average molecular weight is 333 g/mol. The molecule has 0 spiro atoms. The van der Waals surface area contributed by atoms with E-state index in [1.165, 1.54) is 5.56 Å². The van der Waals surface area contributed by atoms with Crippen molar-refractivity contribution in [1.29, 1.82) is 0 Å². The monoisotopic (exact) mass is 333 g/mol. The van der Waals surface area contributed by atoms with Crippen molar-refractivity contribution in [2.24, 2.45) is 0 Å². The lowest BCUT2D eigenvalue weighted by molar-refractivity contribution is -0.127. The summed E-state index contributed by atoms with van der Waals surface area (Å²) in [5.74, 6) is 0.631. The Bertz CT molecular complexity index is 830. The zero-order chi connectivity index (χ0) is 17.5. The molecule has 3 nitrogen and oxygen atoms in total. The fourth-order valence-electron chi connectivity index (χ4n) is 2.79. The van der Waals surface area contributed by atoms with Gasteiger partial charge in [0.15, 0.2) is 6.10 Å². The maximum Gasteiger partial charge on any atom is 0.260 e. The molecule has 0 aromatic heterocycles. The molecule has 3 heteroatoms. The minimum Gasteiger partial charge on any atom is -0.481 e. The summed E-state index contributed by atoms with van der Waals surface area (Å²) in [5.41, 5.74) is 1.29. The minimum atomic E-state index is -0.516. The number of benzene rings is 3. The van der Waals surface area contributed by atoms with E-state index < -0.39 is 6.10 Å². The zero-order valence-electron chi connectivity index (χ0n) is 14.4. The van der Waals surface area contributed by atoms with E-state index >= 15 is 0 Å². The van der Waals surface area contributed by atoms with E-state index in [9.17, 15) is 4.79 Å². The molecule has 0 saturated heterocycles. The number of amides is 1. The number of carbonyl (C=O) groups is 1. The number of aryl methyl sites for hydroxylation is 1. The topological polar surface area (TPSA) is 38.3 Å². The van der Waals surface area contributed by atoms with E-state index in [1.807, 2.05) is 54.6 Å². The molecule has 0 heterocycles. The first-order valence-electron chi connectivity index (χ1n) is 8.69. The van der Waals surface area contributed by atoms with Crippen molar-refractivity contribution in [3.8, 4) is 5.75 Å². The summed E-state index contributed by atoms with van der Waals surface area (Å²) in [6.45, 7) is 2.43. The van der Waals surface area contributed by atoms with Gasteiger partial charge in [-0.25, -0.2) is 0 Å². The van der Waals surface area contributed by atoms with E-state index in [1.54, 1.807) is 6.92 Å². The van der Waals surface area contributed by atoms with E-state index in [0.29, 0.717) is 12.3 Å². The van der Waals surface area contributed by atoms with Crippen molar-refractivity contribution in [1.82, 2.24) is 5.32 Å². The molecule has 0 unspecified atom stereocenters. The fourth-order valence-corrected chi connectivity index (χ4v) is 2.79. The van der Waals surface area contributed by atoms with Gasteiger partial charge < -0.3 is 10.1 Å². The minimum absolute atomic E-state index is 0.0822. The lowest BCUT2D eigenvalue weighted by Crippen LogP contribution is -2.36. The Hall–Kier alpha value is -2.81. The molecule has 0 saturated carbocycles. The summed E-state index contributed by atoms with van der Waals surface area (Å²) in [6.07, 6.45) is 1.36. The number of hydrogen-bond donors (Lipinski definition) is 1. The maximum atomic E-state index is 12.2. The van der Waals surface area contributed by atoms with Gasteiger partial charge in [0.25, 0.3) is 5.91 Å². The third-order valence-electron chi connectivity index (χ3n) is 4.19. The first-order valence-corrected chi connectivity index (χ1v) is 8.69. The van der Waals surface area contributed by atoms with Gasteiger partial charge >= 0.3 is 0 Å². The van der Waals surface area contributed by atoms with E-state index in [2.05, 4.69) is 23.5 Å². The van der Waals surface area contributed by atoms with Crippen LogP contribution < -0.4 is 10.1 Å². The summed E-state index contributed by atoms with van der Waals surface area (Å²) in [7, 11) is 0. The molecular weight excluding hydrogens is 310 g/mol. The summed E-state index contributed by atoms with van der Waals surface area (Å²) >= 11 is 0. The van der Waals surface area contributed by atoms with Gasteiger partial charge in [-0.1, -0.05) is 60.7 Å². The molecule has 1 N–H and O–H groups in total. The molecule has 0 aliphatic rings. The summed E-state index contributed by atoms with van der Waals surface area (Å²) < 4.78 is 5.79. The number of carbonyl (C=O) groups excluding carboxylic acids is 1. The molecule has 3 aromatic rings. The van der Waals surface area contributed by atoms with Gasteiger partial charge in [0.2, 0.25) is 0 Å². The molecular formula is C22H23NO2. The molecule has 0 bridgehead atoms. The normalized spacial score (nSPS) is 11.9. The highest BCUT2D eigenvalue weighted by molar-refractivity contribution is 5.84. The van der Waals surface area contributed by atoms with Gasteiger partial charge in [-0.05, 0) is 48.2 Å². The van der Waals surface area contributed by atoms with Crippen LogP contribution in [0.1, 0.15) is 18.9 Å². The summed E-state index contributed by atoms with van der Waals surface area (Å²) in [5, 5.41) is 5.21. The summed E-state index contributed by atoms with van der Waals surface area (Å²) in [6, 6.07) is 24.3. The highest BCUT2D eigenvalue weighted by Gasteiger charge is 2.14. The molecule has 25 heavy (non-hydrogen) atoms. The highest BCUT2D eigenvalue weighted by atomic mass is 16.5. The van der Waals surface area contributed by atoms with Crippen molar-refractivity contribution in [3.63, 3.8) is 0 Å². The van der Waals surface area contributed by atoms with Crippen LogP contribution in [0, 0.1) is 0 Å². The Balaban J connectivity index is 1.46. The molecule has 3 aromatic carbocycles. The first kappa shape index (κ1) is 17.0. The Labute approximate surface area is 148 Å². The van der Waals surface area contributed by atoms with E-state index in [0.717, 1.165) is 23.6 Å². The van der Waals surface area contributed by atoms with Crippen LogP contribution >= 0.6 is 0 Å². The van der Waals surface area contributed by atoms with Crippen LogP contribution in [0.3, 0.4) is 0 Å². The van der Waals surface area contributed by atoms with Crippen molar-refractivity contribution in [2.75, 3.05) is 6.54 Å². The fraction of sp³-hybridized carbons (Fsp3) is 0.227. The smallest absolute Gasteiger partial charge is 0.260 e. The lowest BCUT2D eigenvalue weighted by atomic mass is 10.1. The second-order valence-corrected chi connectivity index (χ2v) is 6.15. The van der Waals surface area contributed by atoms with Crippen molar-refractivity contribution in [2.45, 2.75) is 25.9 Å². The van der Waals surface area contributed by atoms with Gasteiger partial charge in [-0.15, -0.1) is 0 Å². The second-order valence-electron chi connectivity index (χ2n) is 6.15. The molecule has 0 fully saturated rings. The Morgan fingerprint density at radius 1 is 0.960 bits per heavy atom. The predicted molar refractivity (Wildman–Crippen MR) is 102 cm³/mol. The molecule has 0 aliphatic carbocycles. The second kappa shape index (κ2) is 8.34. The van der Waals surface area contributed by atoms with Crippen LogP contribution in [0.4, 0.5) is 0 Å². The SMILES string of the molecule is C[C@@H](Oc1ccc2ccccc2c1)C(=O)NCCCc1ccccc1. The molecule has 3 rings (SSSR count). The van der Waals surface area contributed by atoms with Crippen LogP contribution in [0.15, 0.2) is 72.8 Å². The Morgan fingerprint density at radius 2 is 1.68 bits per heavy atom. The first-order chi connectivity index (χ1) is 12.2. The largest absolute Gasteiger partial charge is 0.481 e. The number of rotatable bonds is 7. The molecule has 128 valence electrons. The van der Waals surface area contributed by atoms with Crippen molar-refractivity contribution in [3.05, 3.63) is 78.4 Å². The Morgan fingerprint density at radius 3 is 2.48 bits per heavy atom. The predicted octanol–water partition coefficient (Wildman–Crippen LogP) is 4.36. The summed E-state index contributed by atoms with van der Waals surface area (Å²) in [4.78, 5) is 12.2. The number of nitrogens with one attached hydrogen (secondary N) is 1. The van der Waals surface area contributed by atoms with Crippen LogP contribution in [0.2, 0.25) is 0 Å². The Kier molecular flexibility index (Phi) is 5.68. The highest BCUT2D eigenvalue weighted by Crippen LogP contribution is 2.21. The van der Waals surface area contributed by atoms with Gasteiger partial charge in [-0.2, -0.15) is 0 Å². The van der Waals surface area contributed by atoms with Gasteiger partial charge in [0.1, 0.15) is 5.75 Å². The number of hydrogen-bond acceptors (Lipinski definition) is 2. The van der Waals surface area contributed by atoms with E-state index in [-0.39, 0.29) is 5.91 Å². The standard InChI is InChI=1S/C22H23NO2/c1-17(22(24)23-15-7-10-18-8-3-2-4-9-18)25-21-14-13-19-11-5-6-12-20(19)16-21/h2-6,8-9,11-14,16-17H,7,10,15H2,1H3,(H,23,24)/t17-/m1/s1. The zero-order valence-corrected chi connectivity index (χ0v) is 14.4. The molecule has 0 radical (unpaired) electrons. The van der Waals surface area contributed by atoms with E-state index in [4.69, 9.17) is 4.74 Å². The molecule has 1 amide bonds. The average Bonchev–Trinajstić information content (AvgIpc) is 2.65. The lowest BCUT2D eigenvalue weighted by Gasteiger charge is -2.15. The molecule has 0 aliphatic heterocycles. The van der Waals surface area contributed by atoms with Crippen molar-refractivity contribution >= 4 is 16.7 Å². The molecule has 1 atom stereocenters. The van der Waals surface area contributed by atoms with Gasteiger partial charge in [-0.3, -0.25) is 4.79 Å². The van der Waals surface area contributed by atoms with Crippen LogP contribution in [0.5, 0.6) is 5.75 Å². The van der Waals surface area contributed by atoms with Gasteiger partial charge in [0.05, 0.1) is 0 Å². The van der Waals surface area contributed by atoms with Gasteiger partial charge in [0, 0.05) is 6.54 Å². The number of fused-ring (bicyclic) bond motifs is 1.